The van der Waals surface area contributed by atoms with E-state index in [2.05, 4.69) is 5.10 Å². The van der Waals surface area contributed by atoms with Gasteiger partial charge >= 0.3 is 0 Å². The topological polar surface area (TPSA) is 66.8 Å². The van der Waals surface area contributed by atoms with Crippen LogP contribution in [0.1, 0.15) is 32.6 Å². The van der Waals surface area contributed by atoms with Crippen molar-refractivity contribution in [2.75, 3.05) is 11.5 Å². The summed E-state index contributed by atoms with van der Waals surface area (Å²) >= 11 is 0. The molecule has 0 radical (unpaired) electrons. The van der Waals surface area contributed by atoms with Crippen LogP contribution in [0.15, 0.2) is 5.10 Å². The predicted molar refractivity (Wildman–Crippen MR) is 63.3 cm³/mol. The van der Waals surface area contributed by atoms with Crippen molar-refractivity contribution in [2.24, 2.45) is 11.0 Å². The van der Waals surface area contributed by atoms with Gasteiger partial charge in [0.25, 0.3) is 0 Å². The normalized spacial score (nSPS) is 36.4. The second kappa shape index (κ2) is 3.31. The number of hydrogen-bond acceptors (Lipinski definition) is 4. The Morgan fingerprint density at radius 3 is 2.65 bits per heavy atom. The van der Waals surface area contributed by atoms with Crippen molar-refractivity contribution in [2.45, 2.75) is 38.1 Å². The first-order chi connectivity index (χ1) is 7.90. The quantitative estimate of drug-likeness (QED) is 0.725. The molecule has 1 saturated carbocycles. The molecule has 17 heavy (non-hydrogen) atoms. The van der Waals surface area contributed by atoms with Crippen molar-refractivity contribution in [3.8, 4) is 0 Å². The lowest BCUT2D eigenvalue weighted by molar-refractivity contribution is -0.133. The zero-order chi connectivity index (χ0) is 12.3. The van der Waals surface area contributed by atoms with Gasteiger partial charge in [-0.15, -0.1) is 0 Å². The molecule has 5 nitrogen and oxygen atoms in total. The molecule has 3 aliphatic rings. The highest BCUT2D eigenvalue weighted by atomic mass is 32.2. The predicted octanol–water partition coefficient (Wildman–Crippen LogP) is 0.562. The fourth-order valence-corrected chi connectivity index (χ4v) is 4.78. The third kappa shape index (κ3) is 1.88. The van der Waals surface area contributed by atoms with Crippen LogP contribution in [0.4, 0.5) is 0 Å². The number of carbonyl (C=O) groups excluding carboxylic acids is 1. The maximum absolute atomic E-state index is 11.9. The van der Waals surface area contributed by atoms with E-state index < -0.39 is 15.4 Å². The van der Waals surface area contributed by atoms with Crippen LogP contribution in [0, 0.1) is 5.92 Å². The fourth-order valence-electron chi connectivity index (χ4n) is 2.67. The molecule has 0 spiro atoms. The number of amides is 1. The van der Waals surface area contributed by atoms with Crippen molar-refractivity contribution in [1.29, 1.82) is 0 Å². The minimum atomic E-state index is -3.00. The van der Waals surface area contributed by atoms with Crippen LogP contribution in [-0.4, -0.2) is 42.1 Å². The van der Waals surface area contributed by atoms with Crippen LogP contribution < -0.4 is 0 Å². The molecular weight excluding hydrogens is 240 g/mol. The number of sulfone groups is 1. The molecule has 0 bridgehead atoms. The van der Waals surface area contributed by atoms with E-state index in [1.807, 2.05) is 6.92 Å². The van der Waals surface area contributed by atoms with E-state index in [0.29, 0.717) is 18.8 Å². The first-order valence-electron chi connectivity index (χ1n) is 6.01. The number of carbonyl (C=O) groups is 1. The Morgan fingerprint density at radius 2 is 2.12 bits per heavy atom. The smallest absolute Gasteiger partial charge is 0.248 e. The fraction of sp³-hybridized carbons (Fsp3) is 0.818. The summed E-state index contributed by atoms with van der Waals surface area (Å²) in [7, 11) is -3.00. The molecule has 2 aliphatic heterocycles. The maximum Gasteiger partial charge on any atom is 0.248 e. The average Bonchev–Trinajstić information content (AvgIpc) is 2.93. The molecule has 3 rings (SSSR count). The van der Waals surface area contributed by atoms with E-state index in [9.17, 15) is 13.2 Å². The van der Waals surface area contributed by atoms with Gasteiger partial charge in [-0.1, -0.05) is 0 Å². The monoisotopic (exact) mass is 256 g/mol. The van der Waals surface area contributed by atoms with Crippen molar-refractivity contribution in [3.05, 3.63) is 0 Å². The van der Waals surface area contributed by atoms with Gasteiger partial charge in [-0.2, -0.15) is 5.10 Å². The molecule has 0 aromatic carbocycles. The first-order valence-corrected chi connectivity index (χ1v) is 7.83. The van der Waals surface area contributed by atoms with Gasteiger partial charge in [0, 0.05) is 0 Å². The zero-order valence-electron chi connectivity index (χ0n) is 9.85. The molecule has 94 valence electrons. The van der Waals surface area contributed by atoms with E-state index in [-0.39, 0.29) is 17.4 Å². The van der Waals surface area contributed by atoms with Gasteiger partial charge in [-0.3, -0.25) is 4.79 Å². The largest absolute Gasteiger partial charge is 0.273 e. The Morgan fingerprint density at radius 1 is 1.41 bits per heavy atom. The lowest BCUT2D eigenvalue weighted by Gasteiger charge is -2.30. The summed E-state index contributed by atoms with van der Waals surface area (Å²) in [6.45, 7) is 1.83. The van der Waals surface area contributed by atoms with Gasteiger partial charge in [-0.05, 0) is 32.1 Å². The van der Waals surface area contributed by atoms with Gasteiger partial charge in [0.1, 0.15) is 0 Å². The summed E-state index contributed by atoms with van der Waals surface area (Å²) in [5.41, 5.74) is 0.340. The van der Waals surface area contributed by atoms with Gasteiger partial charge in [0.2, 0.25) is 5.91 Å². The molecule has 1 amide bonds. The highest BCUT2D eigenvalue weighted by Crippen LogP contribution is 2.38. The number of hydrazone groups is 1. The van der Waals surface area contributed by atoms with Gasteiger partial charge in [0.15, 0.2) is 9.84 Å². The third-order valence-electron chi connectivity index (χ3n) is 3.84. The van der Waals surface area contributed by atoms with Crippen LogP contribution in [0.2, 0.25) is 0 Å². The minimum absolute atomic E-state index is 0.0356. The highest BCUT2D eigenvalue weighted by molar-refractivity contribution is 7.91. The molecule has 2 heterocycles. The molecule has 0 N–H and O–H groups in total. The summed E-state index contributed by atoms with van der Waals surface area (Å²) in [5, 5.41) is 5.84. The van der Waals surface area contributed by atoms with Crippen molar-refractivity contribution < 1.29 is 13.2 Å². The first kappa shape index (κ1) is 11.2. The molecule has 0 aromatic heterocycles. The second-order valence-electron chi connectivity index (χ2n) is 5.59. The molecular formula is C11H16N2O3S. The minimum Gasteiger partial charge on any atom is -0.273 e. The van der Waals surface area contributed by atoms with Crippen LogP contribution in [0.25, 0.3) is 0 Å². The van der Waals surface area contributed by atoms with Crippen LogP contribution in [0.5, 0.6) is 0 Å². The number of nitrogens with zero attached hydrogens (tertiary/aromatic N) is 2. The summed E-state index contributed by atoms with van der Waals surface area (Å²) in [4.78, 5) is 11.9. The molecule has 1 atom stereocenters. The Hall–Kier alpha value is -0.910. The van der Waals surface area contributed by atoms with Crippen LogP contribution in [-0.2, 0) is 14.6 Å². The number of hydrogen-bond donors (Lipinski definition) is 0. The van der Waals surface area contributed by atoms with E-state index in [4.69, 9.17) is 0 Å². The number of rotatable bonds is 2. The Kier molecular flexibility index (Phi) is 2.18. The molecule has 2 fully saturated rings. The highest BCUT2D eigenvalue weighted by Gasteiger charge is 2.48. The lowest BCUT2D eigenvalue weighted by Crippen LogP contribution is -2.45. The van der Waals surface area contributed by atoms with Crippen molar-refractivity contribution in [3.63, 3.8) is 0 Å². The Labute approximate surface area is 101 Å². The van der Waals surface area contributed by atoms with E-state index in [0.717, 1.165) is 18.6 Å². The van der Waals surface area contributed by atoms with Crippen molar-refractivity contribution >= 4 is 21.5 Å². The van der Waals surface area contributed by atoms with Crippen LogP contribution >= 0.6 is 0 Å². The second-order valence-corrected chi connectivity index (χ2v) is 7.77. The van der Waals surface area contributed by atoms with Gasteiger partial charge < -0.3 is 0 Å². The Balaban J connectivity index is 1.86. The molecule has 0 aromatic rings. The van der Waals surface area contributed by atoms with E-state index in [1.54, 1.807) is 0 Å². The molecule has 1 aliphatic carbocycles. The van der Waals surface area contributed by atoms with Crippen LogP contribution in [0.3, 0.4) is 0 Å². The van der Waals surface area contributed by atoms with Gasteiger partial charge in [-0.25, -0.2) is 13.4 Å². The summed E-state index contributed by atoms with van der Waals surface area (Å²) in [5.74, 6) is 0.659. The van der Waals surface area contributed by atoms with E-state index >= 15 is 0 Å². The molecule has 1 unspecified atom stereocenters. The average molecular weight is 256 g/mol. The SMILES string of the molecule is CC1(N2N=C(C3CC3)CC2=O)CCS(=O)(=O)C1. The third-order valence-corrected chi connectivity index (χ3v) is 5.73. The maximum atomic E-state index is 11.9. The summed E-state index contributed by atoms with van der Waals surface area (Å²) in [6.07, 6.45) is 3.13. The molecule has 6 heteroatoms. The Bertz CT molecular complexity index is 507. The standard InChI is InChI=1S/C11H16N2O3S/c1-11(4-5-17(15,16)7-11)13-10(14)6-9(12-13)8-2-3-8/h8H,2-7H2,1H3. The summed E-state index contributed by atoms with van der Waals surface area (Å²) in [6, 6.07) is 0. The molecule has 1 saturated heterocycles. The zero-order valence-corrected chi connectivity index (χ0v) is 10.7. The van der Waals surface area contributed by atoms with E-state index in [1.165, 1.54) is 5.01 Å². The van der Waals surface area contributed by atoms with Gasteiger partial charge in [0.05, 0.1) is 29.2 Å². The van der Waals surface area contributed by atoms with Crippen molar-refractivity contribution in [1.82, 2.24) is 5.01 Å². The summed E-state index contributed by atoms with van der Waals surface area (Å²) < 4.78 is 23.1. The lowest BCUT2D eigenvalue weighted by atomic mass is 10.0.